The van der Waals surface area contributed by atoms with Gasteiger partial charge in [0.1, 0.15) is 17.9 Å². The summed E-state index contributed by atoms with van der Waals surface area (Å²) in [5.74, 6) is 2.24. The lowest BCUT2D eigenvalue weighted by atomic mass is 10.2. The normalized spacial score (nSPS) is 13.5. The van der Waals surface area contributed by atoms with Gasteiger partial charge in [-0.15, -0.1) is 24.0 Å². The maximum absolute atomic E-state index is 12.1. The fraction of sp³-hybridized carbons (Fsp3) is 0.412. The lowest BCUT2D eigenvalue weighted by molar-refractivity contribution is -0.121. The van der Waals surface area contributed by atoms with Crippen LogP contribution in [0, 0.1) is 0 Å². The molecule has 1 aliphatic rings. The van der Waals surface area contributed by atoms with Crippen molar-refractivity contribution in [3.63, 3.8) is 0 Å². The molecule has 1 amide bonds. The Hall–Kier alpha value is -2.37. The van der Waals surface area contributed by atoms with Crippen LogP contribution in [-0.2, 0) is 18.4 Å². The number of amides is 1. The van der Waals surface area contributed by atoms with Gasteiger partial charge in [-0.05, 0) is 18.6 Å². The summed E-state index contributed by atoms with van der Waals surface area (Å²) in [6.45, 7) is 1.93. The van der Waals surface area contributed by atoms with E-state index < -0.39 is 0 Å². The number of benzene rings is 1. The van der Waals surface area contributed by atoms with Crippen LogP contribution in [0.1, 0.15) is 12.2 Å². The summed E-state index contributed by atoms with van der Waals surface area (Å²) in [4.78, 5) is 22.3. The predicted octanol–water partition coefficient (Wildman–Crippen LogP) is 0.914. The number of aliphatic imine (C=N–C) groups is 1. The monoisotopic (exact) mass is 485 g/mol. The first-order valence-corrected chi connectivity index (χ1v) is 8.48. The van der Waals surface area contributed by atoms with Crippen molar-refractivity contribution in [3.05, 3.63) is 36.4 Å². The molecule has 0 aliphatic carbocycles. The molecule has 0 spiro atoms. The van der Waals surface area contributed by atoms with E-state index in [0.29, 0.717) is 25.6 Å². The van der Waals surface area contributed by atoms with Gasteiger partial charge < -0.3 is 20.3 Å². The van der Waals surface area contributed by atoms with Crippen LogP contribution in [-0.4, -0.2) is 53.4 Å². The Balaban J connectivity index is 0.00000261. The first-order chi connectivity index (χ1) is 12.7. The van der Waals surface area contributed by atoms with Crippen molar-refractivity contribution in [3.8, 4) is 5.75 Å². The number of aryl methyl sites for hydroxylation is 1. The predicted molar refractivity (Wildman–Crippen MR) is 114 cm³/mol. The Morgan fingerprint density at radius 2 is 2.15 bits per heavy atom. The van der Waals surface area contributed by atoms with E-state index in [0.717, 1.165) is 23.7 Å². The summed E-state index contributed by atoms with van der Waals surface area (Å²) in [5.41, 5.74) is 0.827. The summed E-state index contributed by atoms with van der Waals surface area (Å²) >= 11 is 0. The smallest absolute Gasteiger partial charge is 0.265 e. The van der Waals surface area contributed by atoms with E-state index in [9.17, 15) is 4.79 Å². The molecule has 0 saturated heterocycles. The number of aromatic nitrogens is 3. The van der Waals surface area contributed by atoms with Crippen molar-refractivity contribution in [2.45, 2.75) is 13.0 Å². The lowest BCUT2D eigenvalue weighted by Crippen LogP contribution is -2.42. The third-order valence-corrected chi connectivity index (χ3v) is 4.10. The van der Waals surface area contributed by atoms with E-state index in [1.807, 2.05) is 31.3 Å². The molecule has 2 heterocycles. The average Bonchev–Trinajstić information content (AvgIpc) is 3.07. The van der Waals surface area contributed by atoms with E-state index in [4.69, 9.17) is 4.74 Å². The summed E-state index contributed by atoms with van der Waals surface area (Å²) in [7, 11) is 3.56. The molecule has 0 radical (unpaired) electrons. The zero-order valence-electron chi connectivity index (χ0n) is 15.4. The summed E-state index contributed by atoms with van der Waals surface area (Å²) in [6.07, 6.45) is 2.30. The molecule has 27 heavy (non-hydrogen) atoms. The maximum Gasteiger partial charge on any atom is 0.265 e. The Morgan fingerprint density at radius 3 is 2.89 bits per heavy atom. The van der Waals surface area contributed by atoms with Crippen molar-refractivity contribution >= 4 is 41.5 Å². The quantitative estimate of drug-likeness (QED) is 0.274. The molecular weight excluding hydrogens is 461 g/mol. The van der Waals surface area contributed by atoms with Crippen LogP contribution >= 0.6 is 24.0 Å². The Morgan fingerprint density at radius 1 is 1.33 bits per heavy atom. The molecule has 1 aromatic carbocycles. The minimum Gasteiger partial charge on any atom is -0.482 e. The van der Waals surface area contributed by atoms with Gasteiger partial charge in [0, 0.05) is 27.2 Å². The van der Waals surface area contributed by atoms with Gasteiger partial charge in [-0.3, -0.25) is 14.5 Å². The van der Waals surface area contributed by atoms with E-state index in [-0.39, 0.29) is 36.5 Å². The standard InChI is InChI=1S/C17H23N7O2.HI/c1-18-17(20-10-15-21-12-22-23(15)2)19-8-5-9-24-13-6-3-4-7-14(13)26-11-16(24)25;/h3-4,6-7,12H,5,8-11H2,1-2H3,(H2,18,19,20);1H. The number of guanidine groups is 1. The van der Waals surface area contributed by atoms with Crippen LogP contribution in [0.3, 0.4) is 0 Å². The number of carbonyl (C=O) groups excluding carboxylic acids is 1. The molecule has 1 aliphatic heterocycles. The number of hydrogen-bond acceptors (Lipinski definition) is 5. The third-order valence-electron chi connectivity index (χ3n) is 4.10. The van der Waals surface area contributed by atoms with Gasteiger partial charge in [-0.25, -0.2) is 4.98 Å². The van der Waals surface area contributed by atoms with Crippen LogP contribution in [0.2, 0.25) is 0 Å². The van der Waals surface area contributed by atoms with E-state index in [2.05, 4.69) is 25.7 Å². The summed E-state index contributed by atoms with van der Waals surface area (Å²) in [5, 5.41) is 10.5. The minimum atomic E-state index is -0.0199. The van der Waals surface area contributed by atoms with E-state index in [1.165, 1.54) is 6.33 Å². The molecule has 10 heteroatoms. The largest absolute Gasteiger partial charge is 0.482 e. The Bertz CT molecular complexity index is 793. The first kappa shape index (κ1) is 20.9. The zero-order chi connectivity index (χ0) is 18.4. The highest BCUT2D eigenvalue weighted by Crippen LogP contribution is 2.31. The maximum atomic E-state index is 12.1. The highest BCUT2D eigenvalue weighted by Gasteiger charge is 2.24. The number of para-hydroxylation sites is 2. The van der Waals surface area contributed by atoms with Gasteiger partial charge in [0.05, 0.1) is 12.2 Å². The first-order valence-electron chi connectivity index (χ1n) is 8.48. The number of fused-ring (bicyclic) bond motifs is 1. The van der Waals surface area contributed by atoms with Crippen molar-refractivity contribution in [2.75, 3.05) is 31.6 Å². The molecule has 0 bridgehead atoms. The minimum absolute atomic E-state index is 0. The number of anilines is 1. The fourth-order valence-corrected chi connectivity index (χ4v) is 2.71. The van der Waals surface area contributed by atoms with E-state index in [1.54, 1.807) is 16.6 Å². The number of ether oxygens (including phenoxy) is 1. The van der Waals surface area contributed by atoms with Crippen LogP contribution in [0.25, 0.3) is 0 Å². The zero-order valence-corrected chi connectivity index (χ0v) is 17.7. The van der Waals surface area contributed by atoms with Crippen molar-refractivity contribution < 1.29 is 9.53 Å². The van der Waals surface area contributed by atoms with Gasteiger partial charge in [0.25, 0.3) is 5.91 Å². The van der Waals surface area contributed by atoms with Gasteiger partial charge in [0.2, 0.25) is 0 Å². The molecular formula is C17H24IN7O2. The fourth-order valence-electron chi connectivity index (χ4n) is 2.71. The van der Waals surface area contributed by atoms with Gasteiger partial charge in [0.15, 0.2) is 12.6 Å². The molecule has 1 aromatic heterocycles. The molecule has 146 valence electrons. The third kappa shape index (κ3) is 5.31. The number of nitrogens with zero attached hydrogens (tertiary/aromatic N) is 5. The lowest BCUT2D eigenvalue weighted by Gasteiger charge is -2.29. The van der Waals surface area contributed by atoms with Crippen LogP contribution in [0.4, 0.5) is 5.69 Å². The second kappa shape index (κ2) is 10.1. The highest BCUT2D eigenvalue weighted by atomic mass is 127. The Kier molecular flexibility index (Phi) is 7.82. The topological polar surface area (TPSA) is 96.7 Å². The molecule has 9 nitrogen and oxygen atoms in total. The number of rotatable bonds is 6. The second-order valence-electron chi connectivity index (χ2n) is 5.81. The average molecular weight is 485 g/mol. The SMILES string of the molecule is CN=C(NCCCN1C(=O)COc2ccccc21)NCc1ncnn1C.I. The number of halogens is 1. The van der Waals surface area contributed by atoms with Crippen LogP contribution in [0.5, 0.6) is 5.75 Å². The summed E-state index contributed by atoms with van der Waals surface area (Å²) in [6, 6.07) is 7.60. The van der Waals surface area contributed by atoms with Crippen LogP contribution < -0.4 is 20.3 Å². The van der Waals surface area contributed by atoms with Gasteiger partial charge >= 0.3 is 0 Å². The van der Waals surface area contributed by atoms with E-state index >= 15 is 0 Å². The molecule has 3 rings (SSSR count). The van der Waals surface area contributed by atoms with Crippen molar-refractivity contribution in [2.24, 2.45) is 12.0 Å². The molecule has 0 atom stereocenters. The number of carbonyl (C=O) groups is 1. The molecule has 0 fully saturated rings. The summed E-state index contributed by atoms with van der Waals surface area (Å²) < 4.78 is 7.17. The molecule has 2 aromatic rings. The number of hydrogen-bond donors (Lipinski definition) is 2. The van der Waals surface area contributed by atoms with Crippen molar-refractivity contribution in [1.29, 1.82) is 0 Å². The molecule has 0 saturated carbocycles. The van der Waals surface area contributed by atoms with Gasteiger partial charge in [-0.2, -0.15) is 5.10 Å². The van der Waals surface area contributed by atoms with Crippen molar-refractivity contribution in [1.82, 2.24) is 25.4 Å². The molecule has 2 N–H and O–H groups in total. The molecule has 0 unspecified atom stereocenters. The Labute approximate surface area is 175 Å². The van der Waals surface area contributed by atoms with Gasteiger partial charge in [-0.1, -0.05) is 12.1 Å². The number of nitrogens with one attached hydrogen (secondary N) is 2. The van der Waals surface area contributed by atoms with Crippen LogP contribution in [0.15, 0.2) is 35.6 Å². The second-order valence-corrected chi connectivity index (χ2v) is 5.81. The highest BCUT2D eigenvalue weighted by molar-refractivity contribution is 14.0.